The Kier molecular flexibility index (Phi) is 6.26. The molecule has 1 amide bonds. The third kappa shape index (κ3) is 4.48. The molecule has 0 radical (unpaired) electrons. The van der Waals surface area contributed by atoms with Crippen LogP contribution in [0.25, 0.3) is 10.6 Å². The first kappa shape index (κ1) is 19.8. The van der Waals surface area contributed by atoms with Crippen LogP contribution >= 0.6 is 11.3 Å². The highest BCUT2D eigenvalue weighted by Gasteiger charge is 2.21. The van der Waals surface area contributed by atoms with Gasteiger partial charge in [-0.25, -0.2) is 0 Å². The summed E-state index contributed by atoms with van der Waals surface area (Å²) >= 11 is 1.32. The molecule has 0 saturated carbocycles. The molecule has 1 atom stereocenters. The standard InChI is InChI=1S/C21H23N3O3S/c1-5-17(27-18-8-6-7-13(2)14(18)3)19(25)22-21-24-23-20(28-21)15-9-11-16(26-4)12-10-15/h6-12,17H,5H2,1-4H3,(H,22,24,25)/t17-/m1/s1. The fourth-order valence-electron chi connectivity index (χ4n) is 2.64. The van der Waals surface area contributed by atoms with Crippen molar-refractivity contribution in [1.82, 2.24) is 10.2 Å². The van der Waals surface area contributed by atoms with E-state index in [1.165, 1.54) is 11.3 Å². The van der Waals surface area contributed by atoms with E-state index in [1.54, 1.807) is 7.11 Å². The third-order valence-electron chi connectivity index (χ3n) is 4.48. The van der Waals surface area contributed by atoms with Gasteiger partial charge in [0.25, 0.3) is 5.91 Å². The van der Waals surface area contributed by atoms with Crippen LogP contribution in [0.4, 0.5) is 5.13 Å². The molecule has 6 nitrogen and oxygen atoms in total. The maximum absolute atomic E-state index is 12.7. The molecule has 0 fully saturated rings. The fraction of sp³-hybridized carbons (Fsp3) is 0.286. The molecule has 28 heavy (non-hydrogen) atoms. The summed E-state index contributed by atoms with van der Waals surface area (Å²) < 4.78 is 11.1. The van der Waals surface area contributed by atoms with Crippen LogP contribution in [0.3, 0.4) is 0 Å². The number of rotatable bonds is 7. The quantitative estimate of drug-likeness (QED) is 0.629. The lowest BCUT2D eigenvalue weighted by atomic mass is 10.1. The van der Waals surface area contributed by atoms with E-state index in [0.29, 0.717) is 11.6 Å². The van der Waals surface area contributed by atoms with Crippen LogP contribution in [0.1, 0.15) is 24.5 Å². The van der Waals surface area contributed by atoms with Crippen LogP contribution in [0, 0.1) is 13.8 Å². The Balaban J connectivity index is 1.69. The number of hydrogen-bond acceptors (Lipinski definition) is 6. The molecule has 0 aliphatic rings. The number of hydrogen-bond donors (Lipinski definition) is 1. The van der Waals surface area contributed by atoms with Crippen LogP contribution in [0.2, 0.25) is 0 Å². The zero-order valence-corrected chi connectivity index (χ0v) is 17.2. The average Bonchev–Trinajstić information content (AvgIpc) is 3.17. The lowest BCUT2D eigenvalue weighted by Gasteiger charge is -2.18. The van der Waals surface area contributed by atoms with Crippen LogP contribution in [-0.2, 0) is 4.79 Å². The minimum absolute atomic E-state index is 0.235. The van der Waals surface area contributed by atoms with E-state index in [4.69, 9.17) is 9.47 Å². The lowest BCUT2D eigenvalue weighted by Crippen LogP contribution is -2.32. The summed E-state index contributed by atoms with van der Waals surface area (Å²) in [5.41, 5.74) is 3.07. The first-order valence-electron chi connectivity index (χ1n) is 9.03. The highest BCUT2D eigenvalue weighted by Crippen LogP contribution is 2.28. The highest BCUT2D eigenvalue weighted by molar-refractivity contribution is 7.18. The molecule has 0 saturated heterocycles. The Labute approximate surface area is 168 Å². The number of carbonyl (C=O) groups is 1. The van der Waals surface area contributed by atoms with Crippen LogP contribution in [-0.4, -0.2) is 29.3 Å². The molecule has 0 spiro atoms. The Bertz CT molecular complexity index is 954. The van der Waals surface area contributed by atoms with E-state index in [2.05, 4.69) is 15.5 Å². The molecule has 7 heteroatoms. The Morgan fingerprint density at radius 3 is 2.57 bits per heavy atom. The molecule has 1 aromatic heterocycles. The maximum atomic E-state index is 12.7. The number of benzene rings is 2. The molecule has 0 unspecified atom stereocenters. The normalized spacial score (nSPS) is 11.7. The second-order valence-corrected chi connectivity index (χ2v) is 7.32. The maximum Gasteiger partial charge on any atom is 0.267 e. The van der Waals surface area contributed by atoms with Crippen molar-refractivity contribution in [3.05, 3.63) is 53.6 Å². The Hall–Kier alpha value is -2.93. The summed E-state index contributed by atoms with van der Waals surface area (Å²) in [5, 5.41) is 12.2. The molecular weight excluding hydrogens is 374 g/mol. The zero-order valence-electron chi connectivity index (χ0n) is 16.4. The summed E-state index contributed by atoms with van der Waals surface area (Å²) in [6.07, 6.45) is -0.0579. The van der Waals surface area contributed by atoms with Crippen molar-refractivity contribution in [2.45, 2.75) is 33.3 Å². The van der Waals surface area contributed by atoms with Gasteiger partial charge in [0.15, 0.2) is 6.10 Å². The summed E-state index contributed by atoms with van der Waals surface area (Å²) in [7, 11) is 1.62. The van der Waals surface area contributed by atoms with E-state index >= 15 is 0 Å². The Morgan fingerprint density at radius 2 is 1.89 bits per heavy atom. The number of anilines is 1. The predicted molar refractivity (Wildman–Crippen MR) is 111 cm³/mol. The van der Waals surface area contributed by atoms with Gasteiger partial charge in [0.05, 0.1) is 7.11 Å². The molecule has 0 aliphatic heterocycles. The minimum Gasteiger partial charge on any atom is -0.497 e. The van der Waals surface area contributed by atoms with Crippen LogP contribution in [0.15, 0.2) is 42.5 Å². The summed E-state index contributed by atoms with van der Waals surface area (Å²) in [5.74, 6) is 1.26. The van der Waals surface area contributed by atoms with E-state index < -0.39 is 6.10 Å². The molecule has 3 aromatic rings. The highest BCUT2D eigenvalue weighted by atomic mass is 32.1. The molecule has 1 N–H and O–H groups in total. The van der Waals surface area contributed by atoms with E-state index in [1.807, 2.05) is 63.2 Å². The van der Waals surface area contributed by atoms with Gasteiger partial charge in [-0.1, -0.05) is 30.4 Å². The SMILES string of the molecule is CC[C@@H](Oc1cccc(C)c1C)C(=O)Nc1nnc(-c2ccc(OC)cc2)s1. The van der Waals surface area contributed by atoms with Gasteiger partial charge in [-0.3, -0.25) is 10.1 Å². The zero-order chi connectivity index (χ0) is 20.1. The van der Waals surface area contributed by atoms with Gasteiger partial charge in [-0.05, 0) is 61.7 Å². The average molecular weight is 398 g/mol. The van der Waals surface area contributed by atoms with Crippen molar-refractivity contribution in [3.63, 3.8) is 0 Å². The predicted octanol–water partition coefficient (Wildman–Crippen LogP) is 4.63. The van der Waals surface area contributed by atoms with Gasteiger partial charge in [0, 0.05) is 5.56 Å². The number of nitrogens with one attached hydrogen (secondary N) is 1. The van der Waals surface area contributed by atoms with Crippen LogP contribution < -0.4 is 14.8 Å². The number of aryl methyl sites for hydroxylation is 1. The van der Waals surface area contributed by atoms with Gasteiger partial charge in [-0.2, -0.15) is 0 Å². The second-order valence-electron chi connectivity index (χ2n) is 6.34. The van der Waals surface area contributed by atoms with Gasteiger partial charge >= 0.3 is 0 Å². The van der Waals surface area contributed by atoms with Crippen molar-refractivity contribution in [1.29, 1.82) is 0 Å². The van der Waals surface area contributed by atoms with Crippen molar-refractivity contribution < 1.29 is 14.3 Å². The monoisotopic (exact) mass is 397 g/mol. The topological polar surface area (TPSA) is 73.3 Å². The molecule has 0 bridgehead atoms. The molecule has 0 aliphatic carbocycles. The number of amides is 1. The number of aromatic nitrogens is 2. The van der Waals surface area contributed by atoms with Crippen molar-refractivity contribution >= 4 is 22.4 Å². The first-order chi connectivity index (χ1) is 13.5. The number of nitrogens with zero attached hydrogens (tertiary/aromatic N) is 2. The van der Waals surface area contributed by atoms with Gasteiger partial charge in [0.2, 0.25) is 5.13 Å². The lowest BCUT2D eigenvalue weighted by molar-refractivity contribution is -0.122. The van der Waals surface area contributed by atoms with Gasteiger partial charge in [0.1, 0.15) is 16.5 Å². The molecule has 146 valence electrons. The Morgan fingerprint density at radius 1 is 1.14 bits per heavy atom. The third-order valence-corrected chi connectivity index (χ3v) is 5.37. The molecule has 1 heterocycles. The second kappa shape index (κ2) is 8.84. The number of methoxy groups -OCH3 is 1. The molecule has 3 rings (SSSR count). The molecular formula is C21H23N3O3S. The molecule has 2 aromatic carbocycles. The summed E-state index contributed by atoms with van der Waals surface area (Å²) in [4.78, 5) is 12.7. The summed E-state index contributed by atoms with van der Waals surface area (Å²) in [6, 6.07) is 13.4. The minimum atomic E-state index is -0.603. The summed E-state index contributed by atoms with van der Waals surface area (Å²) in [6.45, 7) is 5.92. The van der Waals surface area contributed by atoms with Crippen molar-refractivity contribution in [3.8, 4) is 22.1 Å². The van der Waals surface area contributed by atoms with Crippen molar-refractivity contribution in [2.75, 3.05) is 12.4 Å². The first-order valence-corrected chi connectivity index (χ1v) is 9.85. The number of ether oxygens (including phenoxy) is 2. The van der Waals surface area contributed by atoms with E-state index in [0.717, 1.165) is 33.2 Å². The van der Waals surface area contributed by atoms with E-state index in [-0.39, 0.29) is 5.91 Å². The van der Waals surface area contributed by atoms with Crippen molar-refractivity contribution in [2.24, 2.45) is 0 Å². The largest absolute Gasteiger partial charge is 0.497 e. The van der Waals surface area contributed by atoms with Gasteiger partial charge in [-0.15, -0.1) is 10.2 Å². The fourth-order valence-corrected chi connectivity index (χ4v) is 3.39. The number of carbonyl (C=O) groups excluding carboxylic acids is 1. The van der Waals surface area contributed by atoms with Crippen LogP contribution in [0.5, 0.6) is 11.5 Å². The van der Waals surface area contributed by atoms with Gasteiger partial charge < -0.3 is 9.47 Å². The van der Waals surface area contributed by atoms with E-state index in [9.17, 15) is 4.79 Å². The smallest absolute Gasteiger partial charge is 0.267 e.